The van der Waals surface area contributed by atoms with Crippen LogP contribution >= 0.6 is 0 Å². The molecule has 0 aliphatic carbocycles. The van der Waals surface area contributed by atoms with Crippen LogP contribution in [0.15, 0.2) is 30.3 Å². The molecule has 0 spiro atoms. The fourth-order valence-electron chi connectivity index (χ4n) is 1.59. The van der Waals surface area contributed by atoms with Crippen LogP contribution in [0.5, 0.6) is 0 Å². The molecule has 1 saturated heterocycles. The van der Waals surface area contributed by atoms with Gasteiger partial charge in [0.25, 0.3) is 0 Å². The number of hydrogen-bond donors (Lipinski definition) is 1. The van der Waals surface area contributed by atoms with Crippen LogP contribution < -0.4 is 5.73 Å². The lowest BCUT2D eigenvalue weighted by Gasteiger charge is -2.14. The molecule has 2 rings (SSSR count). The molecule has 2 heteroatoms. The van der Waals surface area contributed by atoms with E-state index in [0.29, 0.717) is 0 Å². The fraction of sp³-hybridized carbons (Fsp3) is 0.400. The first-order valence-corrected chi connectivity index (χ1v) is 4.30. The maximum atomic E-state index is 5.89. The van der Waals surface area contributed by atoms with Crippen LogP contribution in [0, 0.1) is 0 Å². The highest BCUT2D eigenvalue weighted by atomic mass is 16.5. The molecular formula is C10H13NO. The van der Waals surface area contributed by atoms with Crippen molar-refractivity contribution in [3.8, 4) is 0 Å². The predicted octanol–water partition coefficient (Wildman–Crippen LogP) is 1.48. The van der Waals surface area contributed by atoms with Gasteiger partial charge in [-0.25, -0.2) is 0 Å². The summed E-state index contributed by atoms with van der Waals surface area (Å²) in [5.41, 5.74) is 7.08. The zero-order valence-corrected chi connectivity index (χ0v) is 6.94. The van der Waals surface area contributed by atoms with Gasteiger partial charge >= 0.3 is 0 Å². The SMILES string of the molecule is N[C@@H]1CCO[C@H]1c1ccccc1. The Balaban J connectivity index is 2.19. The zero-order chi connectivity index (χ0) is 8.39. The number of rotatable bonds is 1. The second kappa shape index (κ2) is 3.25. The van der Waals surface area contributed by atoms with E-state index in [1.807, 2.05) is 18.2 Å². The molecule has 64 valence electrons. The van der Waals surface area contributed by atoms with E-state index in [2.05, 4.69) is 12.1 Å². The van der Waals surface area contributed by atoms with E-state index in [-0.39, 0.29) is 12.1 Å². The van der Waals surface area contributed by atoms with Gasteiger partial charge in [-0.05, 0) is 12.0 Å². The Labute approximate surface area is 72.3 Å². The van der Waals surface area contributed by atoms with Crippen LogP contribution in [0.1, 0.15) is 18.1 Å². The molecule has 12 heavy (non-hydrogen) atoms. The van der Waals surface area contributed by atoms with Gasteiger partial charge in [0, 0.05) is 12.6 Å². The van der Waals surface area contributed by atoms with Crippen LogP contribution in [-0.4, -0.2) is 12.6 Å². The van der Waals surface area contributed by atoms with E-state index in [1.54, 1.807) is 0 Å². The first-order valence-electron chi connectivity index (χ1n) is 4.30. The minimum Gasteiger partial charge on any atom is -0.372 e. The largest absolute Gasteiger partial charge is 0.372 e. The summed E-state index contributed by atoms with van der Waals surface area (Å²) in [6.07, 6.45) is 1.09. The van der Waals surface area contributed by atoms with Gasteiger partial charge in [0.05, 0.1) is 6.10 Å². The molecule has 0 radical (unpaired) electrons. The Morgan fingerprint density at radius 3 is 2.58 bits per heavy atom. The van der Waals surface area contributed by atoms with Crippen molar-refractivity contribution in [1.82, 2.24) is 0 Å². The first kappa shape index (κ1) is 7.77. The number of hydrogen-bond acceptors (Lipinski definition) is 2. The average Bonchev–Trinajstić information content (AvgIpc) is 2.53. The molecule has 1 aromatic rings. The lowest BCUT2D eigenvalue weighted by Crippen LogP contribution is -2.23. The van der Waals surface area contributed by atoms with Crippen molar-refractivity contribution in [3.63, 3.8) is 0 Å². The molecule has 2 N–H and O–H groups in total. The third kappa shape index (κ3) is 1.36. The van der Waals surface area contributed by atoms with E-state index in [1.165, 1.54) is 5.56 Å². The van der Waals surface area contributed by atoms with Crippen molar-refractivity contribution < 1.29 is 4.74 Å². The lowest BCUT2D eigenvalue weighted by atomic mass is 10.0. The standard InChI is InChI=1S/C10H13NO/c11-9-6-7-12-10(9)8-4-2-1-3-5-8/h1-5,9-10H,6-7,11H2/t9-,10+/m1/s1. The Hall–Kier alpha value is -0.860. The quantitative estimate of drug-likeness (QED) is 0.680. The molecule has 0 saturated carbocycles. The normalized spacial score (nSPS) is 29.1. The van der Waals surface area contributed by atoms with Gasteiger partial charge < -0.3 is 10.5 Å². The molecule has 0 aromatic heterocycles. The summed E-state index contributed by atoms with van der Waals surface area (Å²) in [6, 6.07) is 10.3. The molecule has 1 heterocycles. The third-order valence-electron chi connectivity index (χ3n) is 2.27. The summed E-state index contributed by atoms with van der Waals surface area (Å²) in [5, 5.41) is 0. The van der Waals surface area contributed by atoms with Gasteiger partial charge in [-0.15, -0.1) is 0 Å². The van der Waals surface area contributed by atoms with Crippen LogP contribution in [0.2, 0.25) is 0 Å². The Morgan fingerprint density at radius 1 is 1.25 bits per heavy atom. The minimum atomic E-state index is 0.117. The summed E-state index contributed by atoms with van der Waals surface area (Å²) in [4.78, 5) is 0. The van der Waals surface area contributed by atoms with Crippen molar-refractivity contribution in [2.75, 3.05) is 6.61 Å². The summed E-state index contributed by atoms with van der Waals surface area (Å²) in [6.45, 7) is 0.792. The molecule has 1 aliphatic rings. The number of nitrogens with two attached hydrogens (primary N) is 1. The van der Waals surface area contributed by atoms with E-state index >= 15 is 0 Å². The highest BCUT2D eigenvalue weighted by Crippen LogP contribution is 2.26. The van der Waals surface area contributed by atoms with Crippen molar-refractivity contribution in [2.24, 2.45) is 5.73 Å². The average molecular weight is 163 g/mol. The summed E-state index contributed by atoms with van der Waals surface area (Å²) >= 11 is 0. The summed E-state index contributed by atoms with van der Waals surface area (Å²) in [5.74, 6) is 0. The van der Waals surface area contributed by atoms with Crippen LogP contribution in [-0.2, 0) is 4.74 Å². The van der Waals surface area contributed by atoms with Gasteiger partial charge in [-0.2, -0.15) is 0 Å². The van der Waals surface area contributed by atoms with E-state index in [0.717, 1.165) is 13.0 Å². The Kier molecular flexibility index (Phi) is 2.11. The molecule has 0 bridgehead atoms. The van der Waals surface area contributed by atoms with Gasteiger partial charge in [0.2, 0.25) is 0 Å². The maximum absolute atomic E-state index is 5.89. The minimum absolute atomic E-state index is 0.117. The lowest BCUT2D eigenvalue weighted by molar-refractivity contribution is 0.105. The van der Waals surface area contributed by atoms with Crippen molar-refractivity contribution >= 4 is 0 Å². The van der Waals surface area contributed by atoms with Gasteiger partial charge in [0.1, 0.15) is 0 Å². The zero-order valence-electron chi connectivity index (χ0n) is 6.94. The highest BCUT2D eigenvalue weighted by molar-refractivity contribution is 5.19. The number of ether oxygens (including phenoxy) is 1. The first-order chi connectivity index (χ1) is 5.88. The van der Waals surface area contributed by atoms with Crippen molar-refractivity contribution in [3.05, 3.63) is 35.9 Å². The molecule has 0 unspecified atom stereocenters. The number of benzene rings is 1. The topological polar surface area (TPSA) is 35.2 Å². The van der Waals surface area contributed by atoms with Crippen LogP contribution in [0.25, 0.3) is 0 Å². The predicted molar refractivity (Wildman–Crippen MR) is 47.7 cm³/mol. The molecule has 1 aromatic carbocycles. The molecule has 2 nitrogen and oxygen atoms in total. The van der Waals surface area contributed by atoms with Crippen molar-refractivity contribution in [2.45, 2.75) is 18.6 Å². The summed E-state index contributed by atoms with van der Waals surface area (Å²) < 4.78 is 5.53. The maximum Gasteiger partial charge on any atom is 0.0976 e. The van der Waals surface area contributed by atoms with E-state index in [4.69, 9.17) is 10.5 Å². The molecule has 1 aliphatic heterocycles. The van der Waals surface area contributed by atoms with E-state index < -0.39 is 0 Å². The smallest absolute Gasteiger partial charge is 0.0976 e. The second-order valence-electron chi connectivity index (χ2n) is 3.15. The Bertz CT molecular complexity index is 247. The van der Waals surface area contributed by atoms with Gasteiger partial charge in [-0.1, -0.05) is 30.3 Å². The van der Waals surface area contributed by atoms with E-state index in [9.17, 15) is 0 Å². The summed E-state index contributed by atoms with van der Waals surface area (Å²) in [7, 11) is 0. The van der Waals surface area contributed by atoms with Gasteiger partial charge in [-0.3, -0.25) is 0 Å². The molecule has 1 fully saturated rings. The monoisotopic (exact) mass is 163 g/mol. The third-order valence-corrected chi connectivity index (χ3v) is 2.27. The molecule has 0 amide bonds. The van der Waals surface area contributed by atoms with Crippen LogP contribution in [0.3, 0.4) is 0 Å². The second-order valence-corrected chi connectivity index (χ2v) is 3.15. The van der Waals surface area contributed by atoms with Crippen molar-refractivity contribution in [1.29, 1.82) is 0 Å². The fourth-order valence-corrected chi connectivity index (χ4v) is 1.59. The molecule has 2 atom stereocenters. The highest BCUT2D eigenvalue weighted by Gasteiger charge is 2.25. The Morgan fingerprint density at radius 2 is 2.00 bits per heavy atom. The molecular weight excluding hydrogens is 150 g/mol. The van der Waals surface area contributed by atoms with Crippen LogP contribution in [0.4, 0.5) is 0 Å². The van der Waals surface area contributed by atoms with Gasteiger partial charge in [0.15, 0.2) is 0 Å².